The molecule has 1 aromatic rings. The van der Waals surface area contributed by atoms with E-state index in [2.05, 4.69) is 25.6 Å². The van der Waals surface area contributed by atoms with Crippen molar-refractivity contribution >= 4 is 0 Å². The fraction of sp³-hybridized carbons (Fsp3) is 0.538. The molecule has 0 heterocycles. The monoisotopic (exact) mass is 239 g/mol. The standard InChI is InChI=1S/C13H21NO3/c1-13(2,3)11-6-4-5-7-12(11)16-8-10(15)9-17-14/h4-7,10,15H,8-9,14H2,1-3H3. The van der Waals surface area contributed by atoms with Gasteiger partial charge in [-0.3, -0.25) is 0 Å². The van der Waals surface area contributed by atoms with Crippen LogP contribution in [0.1, 0.15) is 26.3 Å². The summed E-state index contributed by atoms with van der Waals surface area (Å²) in [6.07, 6.45) is -0.715. The second-order valence-corrected chi connectivity index (χ2v) is 5.04. The van der Waals surface area contributed by atoms with Gasteiger partial charge in [0.2, 0.25) is 0 Å². The van der Waals surface area contributed by atoms with Crippen molar-refractivity contribution in [3.63, 3.8) is 0 Å². The van der Waals surface area contributed by atoms with Crippen LogP contribution in [0.2, 0.25) is 0 Å². The number of nitrogens with two attached hydrogens (primary N) is 1. The number of benzene rings is 1. The highest BCUT2D eigenvalue weighted by molar-refractivity contribution is 5.38. The first kappa shape index (κ1) is 14.0. The molecule has 0 spiro atoms. The van der Waals surface area contributed by atoms with E-state index in [1.54, 1.807) is 0 Å². The van der Waals surface area contributed by atoms with Crippen molar-refractivity contribution in [2.24, 2.45) is 5.90 Å². The van der Waals surface area contributed by atoms with E-state index in [0.29, 0.717) is 0 Å². The van der Waals surface area contributed by atoms with Gasteiger partial charge in [0, 0.05) is 0 Å². The second-order valence-electron chi connectivity index (χ2n) is 5.04. The molecule has 17 heavy (non-hydrogen) atoms. The molecule has 1 rings (SSSR count). The lowest BCUT2D eigenvalue weighted by Crippen LogP contribution is -2.26. The molecule has 0 bridgehead atoms. The molecule has 96 valence electrons. The van der Waals surface area contributed by atoms with Crippen LogP contribution in [0.25, 0.3) is 0 Å². The van der Waals surface area contributed by atoms with Gasteiger partial charge in [-0.1, -0.05) is 39.0 Å². The van der Waals surface area contributed by atoms with Gasteiger partial charge in [0.15, 0.2) is 0 Å². The van der Waals surface area contributed by atoms with E-state index < -0.39 is 6.10 Å². The van der Waals surface area contributed by atoms with E-state index in [9.17, 15) is 5.11 Å². The molecule has 0 aliphatic rings. The van der Waals surface area contributed by atoms with E-state index in [1.165, 1.54) is 0 Å². The van der Waals surface area contributed by atoms with Gasteiger partial charge in [0.25, 0.3) is 0 Å². The summed E-state index contributed by atoms with van der Waals surface area (Å²) in [5.74, 6) is 5.67. The third kappa shape index (κ3) is 4.34. The molecule has 0 aromatic heterocycles. The number of aliphatic hydroxyl groups excluding tert-OH is 1. The van der Waals surface area contributed by atoms with Gasteiger partial charge in [-0.2, -0.15) is 0 Å². The van der Waals surface area contributed by atoms with Gasteiger partial charge in [0.05, 0.1) is 6.61 Å². The van der Waals surface area contributed by atoms with Crippen molar-refractivity contribution < 1.29 is 14.7 Å². The first-order valence-corrected chi connectivity index (χ1v) is 5.67. The molecule has 1 aromatic carbocycles. The van der Waals surface area contributed by atoms with E-state index in [4.69, 9.17) is 10.6 Å². The molecule has 0 amide bonds. The third-order valence-electron chi connectivity index (χ3n) is 2.41. The number of hydrogen-bond acceptors (Lipinski definition) is 4. The lowest BCUT2D eigenvalue weighted by atomic mass is 9.86. The molecule has 4 heteroatoms. The largest absolute Gasteiger partial charge is 0.490 e. The molecule has 0 saturated heterocycles. The average molecular weight is 239 g/mol. The molecule has 0 aliphatic carbocycles. The fourth-order valence-electron chi connectivity index (χ4n) is 1.56. The van der Waals surface area contributed by atoms with Gasteiger partial charge >= 0.3 is 0 Å². The van der Waals surface area contributed by atoms with Crippen LogP contribution in [0.15, 0.2) is 24.3 Å². The zero-order valence-corrected chi connectivity index (χ0v) is 10.6. The summed E-state index contributed by atoms with van der Waals surface area (Å²) >= 11 is 0. The first-order valence-electron chi connectivity index (χ1n) is 5.67. The Morgan fingerprint density at radius 2 is 1.88 bits per heavy atom. The van der Waals surface area contributed by atoms with Crippen LogP contribution < -0.4 is 10.6 Å². The normalized spacial score (nSPS) is 13.5. The lowest BCUT2D eigenvalue weighted by molar-refractivity contribution is 0.0113. The van der Waals surface area contributed by atoms with Crippen molar-refractivity contribution in [3.05, 3.63) is 29.8 Å². The SMILES string of the molecule is CC(C)(C)c1ccccc1OCC(O)CON. The van der Waals surface area contributed by atoms with Crippen molar-refractivity contribution in [2.75, 3.05) is 13.2 Å². The summed E-state index contributed by atoms with van der Waals surface area (Å²) < 4.78 is 5.59. The molecule has 1 atom stereocenters. The average Bonchev–Trinajstić information content (AvgIpc) is 2.26. The number of aliphatic hydroxyl groups is 1. The van der Waals surface area contributed by atoms with Gasteiger partial charge < -0.3 is 14.7 Å². The topological polar surface area (TPSA) is 64.7 Å². The summed E-state index contributed by atoms with van der Waals surface area (Å²) in [6, 6.07) is 7.82. The fourth-order valence-corrected chi connectivity index (χ4v) is 1.56. The van der Waals surface area contributed by atoms with Gasteiger partial charge in [-0.05, 0) is 17.0 Å². The highest BCUT2D eigenvalue weighted by Gasteiger charge is 2.18. The van der Waals surface area contributed by atoms with E-state index in [0.717, 1.165) is 11.3 Å². The second kappa shape index (κ2) is 6.00. The number of hydrogen-bond donors (Lipinski definition) is 2. The van der Waals surface area contributed by atoms with Gasteiger partial charge in [-0.25, -0.2) is 5.90 Å². The third-order valence-corrected chi connectivity index (χ3v) is 2.41. The number of para-hydroxylation sites is 1. The predicted octanol–water partition coefficient (Wildman–Crippen LogP) is 1.61. The van der Waals surface area contributed by atoms with Crippen molar-refractivity contribution in [1.29, 1.82) is 0 Å². The zero-order valence-electron chi connectivity index (χ0n) is 10.6. The van der Waals surface area contributed by atoms with Crippen LogP contribution in [0.4, 0.5) is 0 Å². The summed E-state index contributed by atoms with van der Waals surface area (Å²) in [5.41, 5.74) is 1.12. The highest BCUT2D eigenvalue weighted by Crippen LogP contribution is 2.30. The zero-order chi connectivity index (χ0) is 12.9. The van der Waals surface area contributed by atoms with Gasteiger partial charge in [0.1, 0.15) is 18.5 Å². The Hall–Kier alpha value is -1.10. The van der Waals surface area contributed by atoms with E-state index in [-0.39, 0.29) is 18.6 Å². The maximum Gasteiger partial charge on any atom is 0.123 e. The Morgan fingerprint density at radius 1 is 1.24 bits per heavy atom. The number of ether oxygens (including phenoxy) is 1. The Bertz CT molecular complexity index is 347. The minimum Gasteiger partial charge on any atom is -0.490 e. The van der Waals surface area contributed by atoms with E-state index >= 15 is 0 Å². The molecule has 0 radical (unpaired) electrons. The molecule has 4 nitrogen and oxygen atoms in total. The van der Waals surface area contributed by atoms with Crippen molar-refractivity contribution in [3.8, 4) is 5.75 Å². The van der Waals surface area contributed by atoms with E-state index in [1.807, 2.05) is 24.3 Å². The summed E-state index contributed by atoms with van der Waals surface area (Å²) in [6.45, 7) is 6.60. The Morgan fingerprint density at radius 3 is 2.47 bits per heavy atom. The molecular weight excluding hydrogens is 218 g/mol. The van der Waals surface area contributed by atoms with Crippen LogP contribution in [0, 0.1) is 0 Å². The number of rotatable bonds is 5. The Kier molecular flexibility index (Phi) is 4.93. The smallest absolute Gasteiger partial charge is 0.123 e. The Labute approximate surface area is 102 Å². The quantitative estimate of drug-likeness (QED) is 0.766. The van der Waals surface area contributed by atoms with Crippen LogP contribution >= 0.6 is 0 Å². The first-order chi connectivity index (χ1) is 7.95. The highest BCUT2D eigenvalue weighted by atomic mass is 16.6. The van der Waals surface area contributed by atoms with Crippen LogP contribution in [0.3, 0.4) is 0 Å². The molecule has 1 unspecified atom stereocenters. The Balaban J connectivity index is 2.71. The maximum atomic E-state index is 9.47. The minimum atomic E-state index is -0.715. The van der Waals surface area contributed by atoms with Crippen molar-refractivity contribution in [1.82, 2.24) is 0 Å². The van der Waals surface area contributed by atoms with Gasteiger partial charge in [-0.15, -0.1) is 0 Å². The van der Waals surface area contributed by atoms with Crippen molar-refractivity contribution in [2.45, 2.75) is 32.3 Å². The maximum absolute atomic E-state index is 9.47. The molecule has 0 fully saturated rings. The molecule has 0 saturated carbocycles. The summed E-state index contributed by atoms with van der Waals surface area (Å²) in [4.78, 5) is 4.36. The summed E-state index contributed by atoms with van der Waals surface area (Å²) in [7, 11) is 0. The molecular formula is C13H21NO3. The minimum absolute atomic E-state index is 0.00587. The van der Waals surface area contributed by atoms with Crippen LogP contribution in [-0.4, -0.2) is 24.4 Å². The molecule has 0 aliphatic heterocycles. The molecule has 3 N–H and O–H groups in total. The van der Waals surface area contributed by atoms with Crippen LogP contribution in [-0.2, 0) is 10.3 Å². The van der Waals surface area contributed by atoms with Crippen LogP contribution in [0.5, 0.6) is 5.75 Å². The summed E-state index contributed by atoms with van der Waals surface area (Å²) in [5, 5.41) is 9.47. The lowest BCUT2D eigenvalue weighted by Gasteiger charge is -2.23. The predicted molar refractivity (Wildman–Crippen MR) is 66.8 cm³/mol.